The lowest BCUT2D eigenvalue weighted by Gasteiger charge is -2.31. The SMILES string of the molecule is CC1/C=C2/PCC=CN2/C=C\C(C)(C)C1. The van der Waals surface area contributed by atoms with Gasteiger partial charge in [-0.25, -0.2) is 0 Å². The first-order valence-corrected chi connectivity index (χ1v) is 6.88. The molecule has 1 nitrogen and oxygen atoms in total. The first-order chi connectivity index (χ1) is 7.07. The van der Waals surface area contributed by atoms with Gasteiger partial charge in [0.2, 0.25) is 0 Å². The maximum atomic E-state index is 2.45. The Morgan fingerprint density at radius 2 is 2.20 bits per heavy atom. The molecule has 0 aromatic rings. The predicted octanol–water partition coefficient (Wildman–Crippen LogP) is 3.92. The van der Waals surface area contributed by atoms with Gasteiger partial charge < -0.3 is 4.90 Å². The van der Waals surface area contributed by atoms with E-state index in [2.05, 4.69) is 56.3 Å². The number of hydrogen-bond acceptors (Lipinski definition) is 1. The Kier molecular flexibility index (Phi) is 3.02. The van der Waals surface area contributed by atoms with Crippen molar-refractivity contribution < 1.29 is 0 Å². The van der Waals surface area contributed by atoms with Gasteiger partial charge in [0, 0.05) is 17.8 Å². The Balaban J connectivity index is 2.29. The lowest BCUT2D eigenvalue weighted by molar-refractivity contribution is 0.374. The number of fused-ring (bicyclic) bond motifs is 1. The van der Waals surface area contributed by atoms with Crippen molar-refractivity contribution in [2.75, 3.05) is 6.16 Å². The highest BCUT2D eigenvalue weighted by Crippen LogP contribution is 2.38. The van der Waals surface area contributed by atoms with Crippen molar-refractivity contribution in [2.24, 2.45) is 11.3 Å². The Hall–Kier alpha value is -0.550. The Bertz CT molecular complexity index is 325. The minimum Gasteiger partial charge on any atom is -0.325 e. The van der Waals surface area contributed by atoms with Crippen molar-refractivity contribution in [3.8, 4) is 0 Å². The molecule has 0 bridgehead atoms. The van der Waals surface area contributed by atoms with E-state index in [4.69, 9.17) is 0 Å². The highest BCUT2D eigenvalue weighted by molar-refractivity contribution is 7.43. The van der Waals surface area contributed by atoms with Gasteiger partial charge in [-0.2, -0.15) is 0 Å². The van der Waals surface area contributed by atoms with E-state index >= 15 is 0 Å². The zero-order valence-corrected chi connectivity index (χ0v) is 10.8. The normalized spacial score (nSPS) is 36.3. The molecule has 0 aromatic carbocycles. The van der Waals surface area contributed by atoms with Gasteiger partial charge in [0.05, 0.1) is 0 Å². The van der Waals surface area contributed by atoms with Crippen LogP contribution in [-0.2, 0) is 0 Å². The van der Waals surface area contributed by atoms with Crippen LogP contribution in [0.3, 0.4) is 0 Å². The summed E-state index contributed by atoms with van der Waals surface area (Å²) in [5, 5.41) is 0. The van der Waals surface area contributed by atoms with Crippen LogP contribution in [0.25, 0.3) is 0 Å². The predicted molar refractivity (Wildman–Crippen MR) is 68.9 cm³/mol. The molecule has 0 aliphatic carbocycles. The van der Waals surface area contributed by atoms with E-state index in [9.17, 15) is 0 Å². The van der Waals surface area contributed by atoms with Crippen LogP contribution in [-0.4, -0.2) is 11.1 Å². The maximum Gasteiger partial charge on any atom is 0.0387 e. The lowest BCUT2D eigenvalue weighted by Crippen LogP contribution is -2.19. The highest BCUT2D eigenvalue weighted by Gasteiger charge is 2.21. The second-order valence-corrected chi connectivity index (χ2v) is 6.48. The summed E-state index contributed by atoms with van der Waals surface area (Å²) < 4.78 is 0. The van der Waals surface area contributed by atoms with Crippen LogP contribution in [0.5, 0.6) is 0 Å². The minimum atomic E-state index is 0.315. The van der Waals surface area contributed by atoms with Gasteiger partial charge in [-0.15, -0.1) is 0 Å². The third-order valence-corrected chi connectivity index (χ3v) is 4.15. The van der Waals surface area contributed by atoms with E-state index in [1.165, 1.54) is 18.0 Å². The van der Waals surface area contributed by atoms with Gasteiger partial charge in [-0.05, 0) is 23.9 Å². The molecule has 2 aliphatic rings. The molecule has 2 heterocycles. The van der Waals surface area contributed by atoms with Crippen LogP contribution >= 0.6 is 8.58 Å². The molecule has 2 atom stereocenters. The van der Waals surface area contributed by atoms with Crippen molar-refractivity contribution in [2.45, 2.75) is 27.2 Å². The van der Waals surface area contributed by atoms with E-state index in [1.807, 2.05) is 0 Å². The van der Waals surface area contributed by atoms with Gasteiger partial charge in [-0.1, -0.05) is 47.6 Å². The summed E-state index contributed by atoms with van der Waals surface area (Å²) in [6.07, 6.45) is 14.0. The molecule has 0 saturated heterocycles. The molecule has 2 unspecified atom stereocenters. The van der Waals surface area contributed by atoms with Crippen LogP contribution in [0.1, 0.15) is 27.2 Å². The topological polar surface area (TPSA) is 3.24 Å². The van der Waals surface area contributed by atoms with E-state index in [0.717, 1.165) is 8.58 Å². The summed E-state index contributed by atoms with van der Waals surface area (Å²) in [4.78, 5) is 2.29. The van der Waals surface area contributed by atoms with Crippen LogP contribution in [0.2, 0.25) is 0 Å². The van der Waals surface area contributed by atoms with Crippen molar-refractivity contribution >= 4 is 8.58 Å². The van der Waals surface area contributed by atoms with Gasteiger partial charge in [-0.3, -0.25) is 0 Å². The Morgan fingerprint density at radius 3 is 3.00 bits per heavy atom. The van der Waals surface area contributed by atoms with Gasteiger partial charge in [0.15, 0.2) is 0 Å². The first kappa shape index (κ1) is 11.0. The monoisotopic (exact) mass is 221 g/mol. The summed E-state index contributed by atoms with van der Waals surface area (Å²) in [6.45, 7) is 6.96. The van der Waals surface area contributed by atoms with Gasteiger partial charge in [0.1, 0.15) is 0 Å². The first-order valence-electron chi connectivity index (χ1n) is 5.67. The van der Waals surface area contributed by atoms with Gasteiger partial charge in [0.25, 0.3) is 0 Å². The number of rotatable bonds is 0. The average Bonchev–Trinajstić information content (AvgIpc) is 2.13. The molecule has 15 heavy (non-hydrogen) atoms. The molecule has 0 N–H and O–H groups in total. The summed E-state index contributed by atoms with van der Waals surface area (Å²) in [5.74, 6) is 0.682. The van der Waals surface area contributed by atoms with E-state index < -0.39 is 0 Å². The van der Waals surface area contributed by atoms with Gasteiger partial charge >= 0.3 is 0 Å². The van der Waals surface area contributed by atoms with E-state index in [1.54, 1.807) is 0 Å². The summed E-state index contributed by atoms with van der Waals surface area (Å²) in [5.41, 5.74) is 1.81. The zero-order valence-electron chi connectivity index (χ0n) is 9.83. The molecule has 2 aliphatic heterocycles. The quantitative estimate of drug-likeness (QED) is 0.560. The number of nitrogens with zero attached hydrogens (tertiary/aromatic N) is 1. The summed E-state index contributed by atoms with van der Waals surface area (Å²) in [6, 6.07) is 0. The lowest BCUT2D eigenvalue weighted by atomic mass is 9.83. The second kappa shape index (κ2) is 4.14. The average molecular weight is 221 g/mol. The maximum absolute atomic E-state index is 2.45. The molecule has 0 saturated carbocycles. The standard InChI is InChI=1S/C13H20NP/c1-11-9-12-14(6-4-8-15-12)7-5-13(2,3)10-11/h4-7,9,11,15H,8,10H2,1-3H3/b7-5-,12-9+. The van der Waals surface area contributed by atoms with E-state index in [0.29, 0.717) is 11.3 Å². The third-order valence-electron chi connectivity index (χ3n) is 2.92. The molecular formula is C13H20NP. The summed E-state index contributed by atoms with van der Waals surface area (Å²) in [7, 11) is 0.941. The smallest absolute Gasteiger partial charge is 0.0387 e. The number of allylic oxidation sites excluding steroid dienone is 3. The Labute approximate surface area is 94.7 Å². The highest BCUT2D eigenvalue weighted by atomic mass is 31.1. The zero-order chi connectivity index (χ0) is 10.9. The van der Waals surface area contributed by atoms with Crippen molar-refractivity contribution in [1.82, 2.24) is 4.90 Å². The molecule has 0 amide bonds. The molecule has 2 rings (SSSR count). The van der Waals surface area contributed by atoms with Crippen molar-refractivity contribution in [3.05, 3.63) is 36.1 Å². The van der Waals surface area contributed by atoms with E-state index in [-0.39, 0.29) is 0 Å². The molecule has 0 spiro atoms. The molecular weight excluding hydrogens is 201 g/mol. The fraction of sp³-hybridized carbons (Fsp3) is 0.538. The molecule has 0 radical (unpaired) electrons. The summed E-state index contributed by atoms with van der Waals surface area (Å²) >= 11 is 0. The van der Waals surface area contributed by atoms with Crippen molar-refractivity contribution in [3.63, 3.8) is 0 Å². The molecule has 0 aromatic heterocycles. The fourth-order valence-electron chi connectivity index (χ4n) is 2.28. The van der Waals surface area contributed by atoms with Crippen LogP contribution in [0.15, 0.2) is 36.1 Å². The second-order valence-electron chi connectivity index (χ2n) is 5.21. The van der Waals surface area contributed by atoms with Crippen LogP contribution in [0.4, 0.5) is 0 Å². The number of hydrogen-bond donors (Lipinski definition) is 0. The molecule has 82 valence electrons. The van der Waals surface area contributed by atoms with Crippen molar-refractivity contribution in [1.29, 1.82) is 0 Å². The largest absolute Gasteiger partial charge is 0.325 e. The third kappa shape index (κ3) is 2.72. The molecule has 0 fully saturated rings. The van der Waals surface area contributed by atoms with Crippen LogP contribution in [0, 0.1) is 11.3 Å². The Morgan fingerprint density at radius 1 is 1.40 bits per heavy atom. The fourth-order valence-corrected chi connectivity index (χ4v) is 3.45. The molecule has 2 heteroatoms. The minimum absolute atomic E-state index is 0.315. The van der Waals surface area contributed by atoms with Crippen LogP contribution < -0.4 is 0 Å².